The van der Waals surface area contributed by atoms with Gasteiger partial charge in [0.25, 0.3) is 0 Å². The summed E-state index contributed by atoms with van der Waals surface area (Å²) in [6.45, 7) is 5.53. The highest BCUT2D eigenvalue weighted by atomic mass is 16.6. The monoisotopic (exact) mass is 229 g/mol. The maximum Gasteiger partial charge on any atom is 0.358 e. The summed E-state index contributed by atoms with van der Waals surface area (Å²) in [5.41, 5.74) is 1.64. The maximum absolute atomic E-state index is 12.0. The molecule has 0 bridgehead atoms. The first-order chi connectivity index (χ1) is 7.97. The molecular formula is C14H15NO2. The summed E-state index contributed by atoms with van der Waals surface area (Å²) in [5.74, 6) is -0.376. The third-order valence-electron chi connectivity index (χ3n) is 2.25. The lowest BCUT2D eigenvalue weighted by Crippen LogP contribution is -2.24. The van der Waals surface area contributed by atoms with Crippen LogP contribution in [0, 0.1) is 0 Å². The average Bonchev–Trinajstić information content (AvgIpc) is 2.46. The first-order valence-electron chi connectivity index (χ1n) is 5.54. The summed E-state index contributed by atoms with van der Waals surface area (Å²) in [5, 5.41) is 0. The number of hydrogen-bond donors (Lipinski definition) is 0. The number of rotatable bonds is 1. The number of ether oxygens (including phenoxy) is 1. The molecule has 2 aliphatic rings. The molecule has 0 unspecified atom stereocenters. The fourth-order valence-electron chi connectivity index (χ4n) is 1.58. The van der Waals surface area contributed by atoms with Crippen LogP contribution in [0.2, 0.25) is 0 Å². The van der Waals surface area contributed by atoms with E-state index in [-0.39, 0.29) is 5.97 Å². The molecule has 0 radical (unpaired) electrons. The molecule has 0 aromatic carbocycles. The van der Waals surface area contributed by atoms with Gasteiger partial charge in [0.15, 0.2) is 5.69 Å². The molecule has 3 nitrogen and oxygen atoms in total. The fourth-order valence-corrected chi connectivity index (χ4v) is 1.58. The van der Waals surface area contributed by atoms with Crippen molar-refractivity contribution in [2.45, 2.75) is 26.4 Å². The third-order valence-corrected chi connectivity index (χ3v) is 2.25. The number of carbonyl (C=O) groups excluding carboxylic acids is 1. The van der Waals surface area contributed by atoms with Crippen molar-refractivity contribution in [2.24, 2.45) is 0 Å². The Kier molecular flexibility index (Phi) is 2.84. The summed E-state index contributed by atoms with van der Waals surface area (Å²) in [7, 11) is 0. The largest absolute Gasteiger partial charge is 0.455 e. The van der Waals surface area contributed by atoms with E-state index < -0.39 is 5.60 Å². The normalized spacial score (nSPS) is 11.5. The number of fused-ring (bicyclic) bond motifs is 1. The Morgan fingerprint density at radius 1 is 1.18 bits per heavy atom. The van der Waals surface area contributed by atoms with Crippen LogP contribution in [0.5, 0.6) is 0 Å². The number of nitrogens with zero attached hydrogens (tertiary/aromatic N) is 1. The van der Waals surface area contributed by atoms with Crippen molar-refractivity contribution in [2.75, 3.05) is 0 Å². The van der Waals surface area contributed by atoms with Crippen LogP contribution in [0.1, 0.15) is 31.3 Å². The minimum atomic E-state index is -0.501. The molecule has 0 fully saturated rings. The molecule has 88 valence electrons. The van der Waals surface area contributed by atoms with E-state index in [1.807, 2.05) is 51.1 Å². The summed E-state index contributed by atoms with van der Waals surface area (Å²) < 4.78 is 5.32. The zero-order chi connectivity index (χ0) is 12.5. The SMILES string of the molecule is CC(C)(C)OC(=O)c1ncc2cccccc1-2. The predicted molar refractivity (Wildman–Crippen MR) is 66.0 cm³/mol. The second-order valence-electron chi connectivity index (χ2n) is 4.89. The number of carbonyl (C=O) groups is 1. The molecule has 0 spiro atoms. The highest BCUT2D eigenvalue weighted by Gasteiger charge is 2.23. The fraction of sp³-hybridized carbons (Fsp3) is 0.286. The second-order valence-corrected chi connectivity index (χ2v) is 4.89. The highest BCUT2D eigenvalue weighted by Crippen LogP contribution is 2.25. The van der Waals surface area contributed by atoms with Gasteiger partial charge < -0.3 is 4.74 Å². The molecule has 1 aliphatic heterocycles. The van der Waals surface area contributed by atoms with Crippen molar-refractivity contribution < 1.29 is 9.53 Å². The topological polar surface area (TPSA) is 39.2 Å². The van der Waals surface area contributed by atoms with Crippen molar-refractivity contribution in [3.63, 3.8) is 0 Å². The first-order valence-corrected chi connectivity index (χ1v) is 5.54. The molecule has 0 aromatic heterocycles. The Bertz CT molecular complexity index is 514. The predicted octanol–water partition coefficient (Wildman–Crippen LogP) is 3.14. The molecule has 0 atom stereocenters. The average molecular weight is 229 g/mol. The molecular weight excluding hydrogens is 214 g/mol. The van der Waals surface area contributed by atoms with E-state index in [1.165, 1.54) is 0 Å². The minimum Gasteiger partial charge on any atom is -0.455 e. The molecule has 1 heterocycles. The highest BCUT2D eigenvalue weighted by molar-refractivity contribution is 5.96. The van der Waals surface area contributed by atoms with Gasteiger partial charge in [-0.25, -0.2) is 9.78 Å². The Hall–Kier alpha value is -1.90. The van der Waals surface area contributed by atoms with Crippen molar-refractivity contribution in [3.05, 3.63) is 42.2 Å². The zero-order valence-corrected chi connectivity index (χ0v) is 10.2. The molecule has 0 aromatic rings. The van der Waals surface area contributed by atoms with Gasteiger partial charge in [-0.05, 0) is 20.8 Å². The van der Waals surface area contributed by atoms with E-state index >= 15 is 0 Å². The van der Waals surface area contributed by atoms with Gasteiger partial charge in [0, 0.05) is 17.3 Å². The van der Waals surface area contributed by atoms with Gasteiger partial charge in [0.1, 0.15) is 5.60 Å². The molecule has 0 amide bonds. The lowest BCUT2D eigenvalue weighted by Gasteiger charge is -2.18. The minimum absolute atomic E-state index is 0.376. The summed E-state index contributed by atoms with van der Waals surface area (Å²) in [6.07, 6.45) is 1.69. The van der Waals surface area contributed by atoms with E-state index in [9.17, 15) is 4.79 Å². The lowest BCUT2D eigenvalue weighted by molar-refractivity contribution is 0.00646. The van der Waals surface area contributed by atoms with E-state index in [0.717, 1.165) is 11.1 Å². The van der Waals surface area contributed by atoms with Crippen LogP contribution in [0.3, 0.4) is 0 Å². The van der Waals surface area contributed by atoms with Crippen molar-refractivity contribution in [3.8, 4) is 11.1 Å². The van der Waals surface area contributed by atoms with E-state index in [1.54, 1.807) is 6.20 Å². The molecule has 1 aliphatic carbocycles. The van der Waals surface area contributed by atoms with Gasteiger partial charge in [-0.1, -0.05) is 30.3 Å². The first kappa shape index (κ1) is 11.6. The Morgan fingerprint density at radius 2 is 1.88 bits per heavy atom. The van der Waals surface area contributed by atoms with Crippen molar-refractivity contribution in [1.29, 1.82) is 0 Å². The van der Waals surface area contributed by atoms with Crippen LogP contribution in [0.15, 0.2) is 36.5 Å². The van der Waals surface area contributed by atoms with Gasteiger partial charge in [0.05, 0.1) is 0 Å². The van der Waals surface area contributed by atoms with Crippen LogP contribution in [-0.4, -0.2) is 16.6 Å². The summed E-state index contributed by atoms with van der Waals surface area (Å²) in [4.78, 5) is 16.1. The quantitative estimate of drug-likeness (QED) is 0.705. The van der Waals surface area contributed by atoms with Gasteiger partial charge in [-0.15, -0.1) is 0 Å². The Balaban J connectivity index is 2.36. The van der Waals surface area contributed by atoms with Gasteiger partial charge in [-0.3, -0.25) is 0 Å². The molecule has 3 heteroatoms. The molecule has 0 saturated carbocycles. The van der Waals surface area contributed by atoms with Gasteiger partial charge >= 0.3 is 5.97 Å². The zero-order valence-electron chi connectivity index (χ0n) is 10.2. The van der Waals surface area contributed by atoms with Crippen LogP contribution in [0.4, 0.5) is 0 Å². The molecule has 0 N–H and O–H groups in total. The van der Waals surface area contributed by atoms with Gasteiger partial charge in [0.2, 0.25) is 0 Å². The van der Waals surface area contributed by atoms with E-state index in [2.05, 4.69) is 4.98 Å². The van der Waals surface area contributed by atoms with Crippen molar-refractivity contribution >= 4 is 5.97 Å². The van der Waals surface area contributed by atoms with Crippen LogP contribution in [0.25, 0.3) is 11.1 Å². The lowest BCUT2D eigenvalue weighted by atomic mass is 10.1. The van der Waals surface area contributed by atoms with Crippen LogP contribution in [-0.2, 0) is 4.74 Å². The second kappa shape index (κ2) is 4.17. The number of esters is 1. The van der Waals surface area contributed by atoms with Crippen LogP contribution >= 0.6 is 0 Å². The summed E-state index contributed by atoms with van der Waals surface area (Å²) >= 11 is 0. The molecule has 0 saturated heterocycles. The third kappa shape index (κ3) is 2.61. The molecule has 17 heavy (non-hydrogen) atoms. The summed E-state index contributed by atoms with van der Waals surface area (Å²) in [6, 6.07) is 9.53. The standard InChI is InChI=1S/C14H15NO2/c1-14(2,3)17-13(16)12-11-8-6-4-5-7-10(11)9-15-12/h4-9H,1-3H3. The van der Waals surface area contributed by atoms with E-state index in [4.69, 9.17) is 4.74 Å². The molecule has 2 rings (SSSR count). The number of hydrogen-bond acceptors (Lipinski definition) is 3. The number of aromatic nitrogens is 1. The van der Waals surface area contributed by atoms with Crippen molar-refractivity contribution in [1.82, 2.24) is 4.98 Å². The Morgan fingerprint density at radius 3 is 2.59 bits per heavy atom. The maximum atomic E-state index is 12.0. The van der Waals surface area contributed by atoms with Gasteiger partial charge in [-0.2, -0.15) is 0 Å². The Labute approximate surface area is 101 Å². The smallest absolute Gasteiger partial charge is 0.358 e. The van der Waals surface area contributed by atoms with Crippen LogP contribution < -0.4 is 0 Å². The van der Waals surface area contributed by atoms with E-state index in [0.29, 0.717) is 5.69 Å².